The molecule has 0 aliphatic heterocycles. The third-order valence-corrected chi connectivity index (χ3v) is 3.69. The molecule has 0 heterocycles. The van der Waals surface area contributed by atoms with Crippen LogP contribution < -0.4 is 0 Å². The quantitative estimate of drug-likeness (QED) is 0.462. The minimum atomic E-state index is -0.754. The van der Waals surface area contributed by atoms with Crippen molar-refractivity contribution in [1.82, 2.24) is 4.90 Å². The van der Waals surface area contributed by atoms with E-state index in [0.29, 0.717) is 5.02 Å². The van der Waals surface area contributed by atoms with Crippen molar-refractivity contribution in [2.24, 2.45) is 0 Å². The zero-order valence-corrected chi connectivity index (χ0v) is 14.3. The van der Waals surface area contributed by atoms with E-state index < -0.39 is 16.8 Å². The first kappa shape index (κ1) is 18.4. The van der Waals surface area contributed by atoms with Gasteiger partial charge in [-0.25, -0.2) is 4.79 Å². The van der Waals surface area contributed by atoms with Crippen LogP contribution in [0, 0.1) is 10.1 Å². The number of nitro groups is 1. The molecule has 0 aromatic heterocycles. The second-order valence-corrected chi connectivity index (χ2v) is 5.74. The number of nitro benzene ring substituents is 1. The van der Waals surface area contributed by atoms with Crippen molar-refractivity contribution < 1.29 is 19.2 Å². The van der Waals surface area contributed by atoms with Gasteiger partial charge in [0.2, 0.25) is 0 Å². The monoisotopic (exact) mass is 362 g/mol. The highest BCUT2D eigenvalue weighted by atomic mass is 35.5. The Hall–Kier alpha value is -2.93. The van der Waals surface area contributed by atoms with Crippen LogP contribution in [-0.4, -0.2) is 35.9 Å². The van der Waals surface area contributed by atoms with Gasteiger partial charge in [0.15, 0.2) is 0 Å². The summed E-state index contributed by atoms with van der Waals surface area (Å²) in [5.74, 6) is -1.22. The zero-order valence-electron chi connectivity index (χ0n) is 13.6. The third-order valence-electron chi connectivity index (χ3n) is 3.45. The summed E-state index contributed by atoms with van der Waals surface area (Å²) in [6, 6.07) is 10.5. The molecule has 2 rings (SSSR count). The van der Waals surface area contributed by atoms with E-state index >= 15 is 0 Å². The molecule has 0 radical (unpaired) electrons. The Morgan fingerprint density at radius 2 is 1.88 bits per heavy atom. The van der Waals surface area contributed by atoms with Crippen LogP contribution in [0.3, 0.4) is 0 Å². The Labute approximate surface area is 148 Å². The van der Waals surface area contributed by atoms with Gasteiger partial charge in [-0.15, -0.1) is 0 Å². The molecular weight excluding hydrogens is 348 g/mol. The van der Waals surface area contributed by atoms with Crippen LogP contribution in [0.1, 0.15) is 26.3 Å². The lowest BCUT2D eigenvalue weighted by Crippen LogP contribution is -2.26. The lowest BCUT2D eigenvalue weighted by Gasteiger charge is -2.18. The van der Waals surface area contributed by atoms with Crippen LogP contribution in [0.15, 0.2) is 42.5 Å². The number of methoxy groups -OCH3 is 1. The largest absolute Gasteiger partial charge is 0.465 e. The second-order valence-electron chi connectivity index (χ2n) is 5.31. The molecule has 1 amide bonds. The molecule has 2 aromatic rings. The van der Waals surface area contributed by atoms with Crippen molar-refractivity contribution in [2.45, 2.75) is 6.54 Å². The second kappa shape index (κ2) is 7.76. The van der Waals surface area contributed by atoms with Crippen molar-refractivity contribution in [3.63, 3.8) is 0 Å². The normalized spacial score (nSPS) is 10.2. The molecule has 0 aliphatic carbocycles. The summed E-state index contributed by atoms with van der Waals surface area (Å²) < 4.78 is 4.57. The molecule has 0 saturated carbocycles. The number of benzene rings is 2. The standard InChI is InChI=1S/C17H15ClN2O5/c1-19(10-11-4-3-5-14(18)6-11)16(21)12-7-13(17(22)25-2)9-15(8-12)20(23)24/h3-9H,10H2,1-2H3. The predicted molar refractivity (Wildman–Crippen MR) is 91.7 cm³/mol. The number of halogens is 1. The summed E-state index contributed by atoms with van der Waals surface area (Å²) in [6.45, 7) is 0.260. The van der Waals surface area contributed by atoms with Crippen molar-refractivity contribution in [3.05, 3.63) is 74.3 Å². The number of carbonyl (C=O) groups excluding carboxylic acids is 2. The molecular formula is C17H15ClN2O5. The SMILES string of the molecule is COC(=O)c1cc(C(=O)N(C)Cc2cccc(Cl)c2)cc([N+](=O)[O-])c1. The van der Waals surface area contributed by atoms with Crippen LogP contribution in [-0.2, 0) is 11.3 Å². The van der Waals surface area contributed by atoms with E-state index in [1.165, 1.54) is 11.0 Å². The Kier molecular flexibility index (Phi) is 5.71. The van der Waals surface area contributed by atoms with E-state index in [1.54, 1.807) is 25.2 Å². The van der Waals surface area contributed by atoms with Crippen LogP contribution in [0.2, 0.25) is 5.02 Å². The van der Waals surface area contributed by atoms with Crippen LogP contribution >= 0.6 is 11.6 Å². The van der Waals surface area contributed by atoms with Crippen molar-refractivity contribution in [3.8, 4) is 0 Å². The van der Waals surface area contributed by atoms with Crippen molar-refractivity contribution in [2.75, 3.05) is 14.2 Å². The highest BCUT2D eigenvalue weighted by molar-refractivity contribution is 6.30. The molecule has 0 unspecified atom stereocenters. The summed E-state index contributed by atoms with van der Waals surface area (Å²) in [5.41, 5.74) is 0.416. The van der Waals surface area contributed by atoms with Gasteiger partial charge in [0.05, 0.1) is 17.6 Å². The Bertz CT molecular complexity index is 838. The Morgan fingerprint density at radius 1 is 1.20 bits per heavy atom. The molecule has 0 saturated heterocycles. The first-order valence-corrected chi connectivity index (χ1v) is 7.57. The topological polar surface area (TPSA) is 89.8 Å². The molecule has 0 spiro atoms. The number of hydrogen-bond donors (Lipinski definition) is 0. The number of non-ortho nitro benzene ring substituents is 1. The number of carbonyl (C=O) groups is 2. The first-order valence-electron chi connectivity index (χ1n) is 7.19. The van der Waals surface area contributed by atoms with E-state index in [2.05, 4.69) is 4.74 Å². The Morgan fingerprint density at radius 3 is 2.48 bits per heavy atom. The molecule has 25 heavy (non-hydrogen) atoms. The van der Waals surface area contributed by atoms with Gasteiger partial charge >= 0.3 is 5.97 Å². The van der Waals surface area contributed by atoms with E-state index in [1.807, 2.05) is 6.07 Å². The van der Waals surface area contributed by atoms with Gasteiger partial charge in [-0.2, -0.15) is 0 Å². The maximum Gasteiger partial charge on any atom is 0.338 e. The van der Waals surface area contributed by atoms with E-state index in [-0.39, 0.29) is 23.4 Å². The maximum atomic E-state index is 12.6. The molecule has 2 aromatic carbocycles. The van der Waals surface area contributed by atoms with Crippen LogP contribution in [0.25, 0.3) is 0 Å². The van der Waals surface area contributed by atoms with Gasteiger partial charge in [0, 0.05) is 36.3 Å². The smallest absolute Gasteiger partial charge is 0.338 e. The van der Waals surface area contributed by atoms with Gasteiger partial charge in [-0.05, 0) is 23.8 Å². The molecule has 8 heteroatoms. The van der Waals surface area contributed by atoms with Crippen LogP contribution in [0.5, 0.6) is 0 Å². The summed E-state index contributed by atoms with van der Waals surface area (Å²) in [7, 11) is 2.72. The summed E-state index contributed by atoms with van der Waals surface area (Å²) in [4.78, 5) is 36.0. The molecule has 0 bridgehead atoms. The number of hydrogen-bond acceptors (Lipinski definition) is 5. The molecule has 0 fully saturated rings. The number of nitrogens with zero attached hydrogens (tertiary/aromatic N) is 2. The minimum Gasteiger partial charge on any atom is -0.465 e. The van der Waals surface area contributed by atoms with E-state index in [0.717, 1.165) is 24.8 Å². The predicted octanol–water partition coefficient (Wildman–Crippen LogP) is 3.31. The van der Waals surface area contributed by atoms with E-state index in [9.17, 15) is 19.7 Å². The lowest BCUT2D eigenvalue weighted by molar-refractivity contribution is -0.384. The lowest BCUT2D eigenvalue weighted by atomic mass is 10.1. The van der Waals surface area contributed by atoms with Crippen molar-refractivity contribution >= 4 is 29.2 Å². The highest BCUT2D eigenvalue weighted by Gasteiger charge is 2.20. The number of ether oxygens (including phenoxy) is 1. The maximum absolute atomic E-state index is 12.6. The average molecular weight is 363 g/mol. The van der Waals surface area contributed by atoms with Gasteiger partial charge < -0.3 is 9.64 Å². The molecule has 7 nitrogen and oxygen atoms in total. The highest BCUT2D eigenvalue weighted by Crippen LogP contribution is 2.20. The molecule has 0 N–H and O–H groups in total. The van der Waals surface area contributed by atoms with E-state index in [4.69, 9.17) is 11.6 Å². The minimum absolute atomic E-state index is 0.0270. The summed E-state index contributed by atoms with van der Waals surface area (Å²) >= 11 is 5.92. The Balaban J connectivity index is 2.32. The fourth-order valence-electron chi connectivity index (χ4n) is 2.28. The average Bonchev–Trinajstić information content (AvgIpc) is 2.59. The molecule has 130 valence electrons. The van der Waals surface area contributed by atoms with Crippen molar-refractivity contribution in [1.29, 1.82) is 0 Å². The number of esters is 1. The van der Waals surface area contributed by atoms with Gasteiger partial charge in [-0.3, -0.25) is 14.9 Å². The molecule has 0 aliphatic rings. The fraction of sp³-hybridized carbons (Fsp3) is 0.176. The fourth-order valence-corrected chi connectivity index (χ4v) is 2.49. The number of amides is 1. The first-order chi connectivity index (χ1) is 11.8. The zero-order chi connectivity index (χ0) is 18.6. The summed E-state index contributed by atoms with van der Waals surface area (Å²) in [5, 5.41) is 11.6. The summed E-state index contributed by atoms with van der Waals surface area (Å²) in [6.07, 6.45) is 0. The van der Waals surface area contributed by atoms with Crippen LogP contribution in [0.4, 0.5) is 5.69 Å². The molecule has 0 atom stereocenters. The van der Waals surface area contributed by atoms with Gasteiger partial charge in [0.1, 0.15) is 0 Å². The van der Waals surface area contributed by atoms with Gasteiger partial charge in [-0.1, -0.05) is 23.7 Å². The third kappa shape index (κ3) is 4.54. The van der Waals surface area contributed by atoms with Gasteiger partial charge in [0.25, 0.3) is 11.6 Å². The number of rotatable bonds is 5.